The van der Waals surface area contributed by atoms with E-state index in [0.29, 0.717) is 0 Å². The second-order valence-corrected chi connectivity index (χ2v) is 7.03. The summed E-state index contributed by atoms with van der Waals surface area (Å²) in [6, 6.07) is 4.17. The van der Waals surface area contributed by atoms with Gasteiger partial charge in [-0.1, -0.05) is 6.07 Å². The number of hydrogen-bond donors (Lipinski definition) is 2. The number of rotatable bonds is 7. The van der Waals surface area contributed by atoms with Crippen molar-refractivity contribution in [3.8, 4) is 0 Å². The number of aliphatic imine (C=N–C) groups is 1. The molecular formula is C18H28IN5S. The third-order valence-electron chi connectivity index (χ3n) is 3.69. The van der Waals surface area contributed by atoms with Crippen LogP contribution in [0.4, 0.5) is 0 Å². The van der Waals surface area contributed by atoms with Gasteiger partial charge in [0.15, 0.2) is 5.96 Å². The monoisotopic (exact) mass is 473 g/mol. The Labute approximate surface area is 171 Å². The molecule has 0 radical (unpaired) electrons. The average Bonchev–Trinajstić information content (AvgIpc) is 2.87. The van der Waals surface area contributed by atoms with Gasteiger partial charge in [-0.3, -0.25) is 9.98 Å². The lowest BCUT2D eigenvalue weighted by Gasteiger charge is -2.11. The predicted molar refractivity (Wildman–Crippen MR) is 117 cm³/mol. The van der Waals surface area contributed by atoms with Gasteiger partial charge in [-0.15, -0.1) is 35.3 Å². The number of aryl methyl sites for hydroxylation is 3. The van der Waals surface area contributed by atoms with E-state index in [1.807, 2.05) is 19.2 Å². The van der Waals surface area contributed by atoms with Crippen LogP contribution >= 0.6 is 35.3 Å². The Hall–Kier alpha value is -1.22. The first-order chi connectivity index (χ1) is 11.6. The number of halogens is 1. The summed E-state index contributed by atoms with van der Waals surface area (Å²) in [5, 5.41) is 7.83. The second-order valence-electron chi connectivity index (χ2n) is 5.74. The molecule has 2 heterocycles. The molecule has 0 amide bonds. The van der Waals surface area contributed by atoms with Crippen molar-refractivity contribution < 1.29 is 0 Å². The second kappa shape index (κ2) is 11.4. The minimum absolute atomic E-state index is 0. The number of nitrogens with zero attached hydrogens (tertiary/aromatic N) is 3. The largest absolute Gasteiger partial charge is 0.357 e. The minimum Gasteiger partial charge on any atom is -0.357 e. The van der Waals surface area contributed by atoms with Gasteiger partial charge in [-0.05, 0) is 45.7 Å². The van der Waals surface area contributed by atoms with Crippen molar-refractivity contribution >= 4 is 41.3 Å². The summed E-state index contributed by atoms with van der Waals surface area (Å²) in [6.07, 6.45) is 3.76. The third kappa shape index (κ3) is 7.68. The lowest BCUT2D eigenvalue weighted by molar-refractivity contribution is 0.794. The molecule has 0 atom stereocenters. The van der Waals surface area contributed by atoms with E-state index in [-0.39, 0.29) is 24.0 Å². The number of pyridine rings is 1. The number of hydrogen-bond acceptors (Lipinski definition) is 4. The molecule has 7 heteroatoms. The van der Waals surface area contributed by atoms with Crippen LogP contribution in [0.5, 0.6) is 0 Å². The average molecular weight is 473 g/mol. The minimum atomic E-state index is 0. The molecule has 0 unspecified atom stereocenters. The number of thiazole rings is 1. The lowest BCUT2D eigenvalue weighted by atomic mass is 10.2. The van der Waals surface area contributed by atoms with Gasteiger partial charge in [-0.2, -0.15) is 0 Å². The molecule has 0 aliphatic rings. The molecule has 0 aliphatic heterocycles. The molecule has 138 valence electrons. The first-order valence-corrected chi connectivity index (χ1v) is 9.26. The number of nitrogens with one attached hydrogen (secondary N) is 2. The Bertz CT molecular complexity index is 647. The molecule has 0 bridgehead atoms. The zero-order valence-electron chi connectivity index (χ0n) is 15.4. The third-order valence-corrected chi connectivity index (χ3v) is 4.82. The van der Waals surface area contributed by atoms with Gasteiger partial charge < -0.3 is 10.6 Å². The summed E-state index contributed by atoms with van der Waals surface area (Å²) < 4.78 is 0. The van der Waals surface area contributed by atoms with E-state index in [9.17, 15) is 0 Å². The maximum Gasteiger partial charge on any atom is 0.191 e. The summed E-state index contributed by atoms with van der Waals surface area (Å²) >= 11 is 1.77. The summed E-state index contributed by atoms with van der Waals surface area (Å²) in [5.41, 5.74) is 3.42. The van der Waals surface area contributed by atoms with Crippen LogP contribution in [0.1, 0.15) is 33.8 Å². The summed E-state index contributed by atoms with van der Waals surface area (Å²) in [4.78, 5) is 14.8. The maximum absolute atomic E-state index is 4.64. The highest BCUT2D eigenvalue weighted by Crippen LogP contribution is 2.16. The van der Waals surface area contributed by atoms with Crippen LogP contribution in [0, 0.1) is 20.8 Å². The molecule has 2 N–H and O–H groups in total. The van der Waals surface area contributed by atoms with Crippen LogP contribution in [0.2, 0.25) is 0 Å². The molecule has 0 fully saturated rings. The summed E-state index contributed by atoms with van der Waals surface area (Å²) in [5.74, 6) is 0.863. The smallest absolute Gasteiger partial charge is 0.191 e. The highest BCUT2D eigenvalue weighted by Gasteiger charge is 2.03. The number of guanidine groups is 1. The van der Waals surface area contributed by atoms with Crippen LogP contribution in [-0.4, -0.2) is 35.6 Å². The van der Waals surface area contributed by atoms with E-state index in [0.717, 1.165) is 54.8 Å². The van der Waals surface area contributed by atoms with Crippen molar-refractivity contribution in [2.75, 3.05) is 19.6 Å². The molecule has 2 aromatic rings. The topological polar surface area (TPSA) is 62.2 Å². The molecule has 0 saturated heterocycles. The molecule has 0 aliphatic carbocycles. The zero-order chi connectivity index (χ0) is 17.4. The zero-order valence-corrected chi connectivity index (χ0v) is 18.6. The molecule has 0 aromatic carbocycles. The van der Waals surface area contributed by atoms with E-state index >= 15 is 0 Å². The fourth-order valence-corrected chi connectivity index (χ4v) is 3.15. The van der Waals surface area contributed by atoms with Crippen molar-refractivity contribution in [3.05, 3.63) is 45.2 Å². The van der Waals surface area contributed by atoms with Crippen LogP contribution in [0.15, 0.2) is 23.3 Å². The van der Waals surface area contributed by atoms with Crippen LogP contribution < -0.4 is 10.6 Å². The van der Waals surface area contributed by atoms with Gasteiger partial charge in [0, 0.05) is 42.8 Å². The van der Waals surface area contributed by atoms with Crippen LogP contribution in [0.3, 0.4) is 0 Å². The predicted octanol–water partition coefficient (Wildman–Crippen LogP) is 3.42. The number of aromatic nitrogens is 2. The van der Waals surface area contributed by atoms with Crippen LogP contribution in [0.25, 0.3) is 0 Å². The first kappa shape index (κ1) is 21.8. The summed E-state index contributed by atoms with van der Waals surface area (Å²) in [6.45, 7) is 10.7. The Morgan fingerprint density at radius 2 is 1.96 bits per heavy atom. The van der Waals surface area contributed by atoms with Crippen molar-refractivity contribution in [3.63, 3.8) is 0 Å². The fraction of sp³-hybridized carbons (Fsp3) is 0.500. The van der Waals surface area contributed by atoms with Gasteiger partial charge in [0.25, 0.3) is 0 Å². The highest BCUT2D eigenvalue weighted by atomic mass is 127. The van der Waals surface area contributed by atoms with Crippen molar-refractivity contribution in [1.82, 2.24) is 20.6 Å². The maximum atomic E-state index is 4.64. The van der Waals surface area contributed by atoms with E-state index in [1.165, 1.54) is 10.4 Å². The molecule has 0 spiro atoms. The van der Waals surface area contributed by atoms with Gasteiger partial charge >= 0.3 is 0 Å². The van der Waals surface area contributed by atoms with Gasteiger partial charge in [0.05, 0.1) is 10.7 Å². The van der Waals surface area contributed by atoms with E-state index in [4.69, 9.17) is 0 Å². The SMILES string of the molecule is CCNC(=NCCc1nc(C)c(C)s1)NCCc1ccc(C)nc1.I. The van der Waals surface area contributed by atoms with E-state index in [1.54, 1.807) is 11.3 Å². The first-order valence-electron chi connectivity index (χ1n) is 8.45. The molecule has 25 heavy (non-hydrogen) atoms. The van der Waals surface area contributed by atoms with Gasteiger partial charge in [-0.25, -0.2) is 4.98 Å². The van der Waals surface area contributed by atoms with Crippen LogP contribution in [-0.2, 0) is 12.8 Å². The van der Waals surface area contributed by atoms with Gasteiger partial charge in [0.2, 0.25) is 0 Å². The Balaban J connectivity index is 0.00000312. The molecule has 5 nitrogen and oxygen atoms in total. The van der Waals surface area contributed by atoms with Crippen molar-refractivity contribution in [2.24, 2.45) is 4.99 Å². The Kier molecular flexibility index (Phi) is 9.96. The highest BCUT2D eigenvalue weighted by molar-refractivity contribution is 14.0. The van der Waals surface area contributed by atoms with Crippen molar-refractivity contribution in [1.29, 1.82) is 0 Å². The normalized spacial score (nSPS) is 11.1. The fourth-order valence-electron chi connectivity index (χ4n) is 2.22. The molecule has 2 rings (SSSR count). The standard InChI is InChI=1S/C18H27N5S.HI/c1-5-19-18(20-10-8-16-7-6-13(2)22-12-16)21-11-9-17-23-14(3)15(4)24-17;/h6-7,12H,5,8-11H2,1-4H3,(H2,19,20,21);1H. The van der Waals surface area contributed by atoms with Crippen molar-refractivity contribution in [2.45, 2.75) is 40.5 Å². The molecule has 0 saturated carbocycles. The quantitative estimate of drug-likeness (QED) is 0.368. The van der Waals surface area contributed by atoms with E-state index in [2.05, 4.69) is 52.4 Å². The summed E-state index contributed by atoms with van der Waals surface area (Å²) in [7, 11) is 0. The molecule has 2 aromatic heterocycles. The van der Waals surface area contributed by atoms with Gasteiger partial charge in [0.1, 0.15) is 0 Å². The lowest BCUT2D eigenvalue weighted by Crippen LogP contribution is -2.38. The molecular weight excluding hydrogens is 445 g/mol. The Morgan fingerprint density at radius 3 is 2.56 bits per heavy atom. The van der Waals surface area contributed by atoms with E-state index < -0.39 is 0 Å². The Morgan fingerprint density at radius 1 is 1.16 bits per heavy atom.